The van der Waals surface area contributed by atoms with Crippen molar-refractivity contribution in [1.29, 1.82) is 0 Å². The standard InChI is InChI=1S/C20H11NO2/c22-18-11-16-13-7-4-8-14-17(23-12-5-2-1-3-6-12)10-9-15(19(13)14)20(16)21-18/h1-11H. The largest absolute Gasteiger partial charge is 0.457 e. The maximum Gasteiger partial charge on any atom is 0.270 e. The van der Waals surface area contributed by atoms with E-state index in [1.165, 1.54) is 0 Å². The van der Waals surface area contributed by atoms with Gasteiger partial charge in [0, 0.05) is 28.0 Å². The Bertz CT molecular complexity index is 1020. The predicted molar refractivity (Wildman–Crippen MR) is 90.0 cm³/mol. The minimum absolute atomic E-state index is 0.178. The van der Waals surface area contributed by atoms with Gasteiger partial charge in [-0.15, -0.1) is 0 Å². The van der Waals surface area contributed by atoms with E-state index in [1.807, 2.05) is 60.7 Å². The van der Waals surface area contributed by atoms with E-state index in [2.05, 4.69) is 4.99 Å². The summed E-state index contributed by atoms with van der Waals surface area (Å²) in [7, 11) is 0. The van der Waals surface area contributed by atoms with Gasteiger partial charge in [0.05, 0.1) is 5.71 Å². The highest BCUT2D eigenvalue weighted by molar-refractivity contribution is 6.48. The van der Waals surface area contributed by atoms with Crippen LogP contribution in [-0.4, -0.2) is 11.6 Å². The number of ether oxygens (including phenoxy) is 1. The summed E-state index contributed by atoms with van der Waals surface area (Å²) in [5.74, 6) is 1.43. The molecule has 108 valence electrons. The smallest absolute Gasteiger partial charge is 0.270 e. The van der Waals surface area contributed by atoms with Gasteiger partial charge in [-0.3, -0.25) is 4.79 Å². The Morgan fingerprint density at radius 1 is 0.826 bits per heavy atom. The van der Waals surface area contributed by atoms with Crippen LogP contribution in [0.15, 0.2) is 71.7 Å². The first kappa shape index (κ1) is 12.4. The number of carbonyl (C=O) groups excluding carboxylic acids is 1. The molecule has 23 heavy (non-hydrogen) atoms. The van der Waals surface area contributed by atoms with E-state index >= 15 is 0 Å². The van der Waals surface area contributed by atoms with Crippen molar-refractivity contribution in [2.24, 2.45) is 4.99 Å². The van der Waals surface area contributed by atoms with Crippen molar-refractivity contribution in [1.82, 2.24) is 0 Å². The molecular weight excluding hydrogens is 286 g/mol. The molecule has 0 N–H and O–H groups in total. The fourth-order valence-corrected chi connectivity index (χ4v) is 3.31. The van der Waals surface area contributed by atoms with Gasteiger partial charge >= 0.3 is 0 Å². The van der Waals surface area contributed by atoms with Crippen LogP contribution >= 0.6 is 0 Å². The molecule has 0 bridgehead atoms. The Morgan fingerprint density at radius 3 is 2.57 bits per heavy atom. The van der Waals surface area contributed by atoms with Gasteiger partial charge in [-0.05, 0) is 29.8 Å². The molecule has 0 atom stereocenters. The number of rotatable bonds is 2. The van der Waals surface area contributed by atoms with Crippen molar-refractivity contribution < 1.29 is 9.53 Å². The van der Waals surface area contributed by atoms with Gasteiger partial charge in [-0.2, -0.15) is 0 Å². The summed E-state index contributed by atoms with van der Waals surface area (Å²) in [6, 6.07) is 19.7. The van der Waals surface area contributed by atoms with E-state index < -0.39 is 0 Å². The number of benzene rings is 3. The second-order valence-corrected chi connectivity index (χ2v) is 5.61. The summed E-state index contributed by atoms with van der Waals surface area (Å²) in [4.78, 5) is 15.8. The van der Waals surface area contributed by atoms with Crippen LogP contribution in [-0.2, 0) is 4.79 Å². The normalized spacial score (nSPS) is 14.7. The second kappa shape index (κ2) is 4.40. The Hall–Kier alpha value is -3.20. The van der Waals surface area contributed by atoms with Gasteiger partial charge in [0.2, 0.25) is 0 Å². The van der Waals surface area contributed by atoms with Crippen LogP contribution in [0.3, 0.4) is 0 Å². The zero-order valence-electron chi connectivity index (χ0n) is 12.1. The molecule has 1 aliphatic heterocycles. The Morgan fingerprint density at radius 2 is 1.70 bits per heavy atom. The summed E-state index contributed by atoms with van der Waals surface area (Å²) < 4.78 is 6.05. The first-order chi connectivity index (χ1) is 11.3. The van der Waals surface area contributed by atoms with E-state index in [4.69, 9.17) is 4.74 Å². The molecule has 3 aromatic rings. The van der Waals surface area contributed by atoms with Crippen LogP contribution in [0, 0.1) is 0 Å². The maximum atomic E-state index is 11.6. The fraction of sp³-hybridized carbons (Fsp3) is 0. The lowest BCUT2D eigenvalue weighted by Crippen LogP contribution is -1.94. The summed E-state index contributed by atoms with van der Waals surface area (Å²) in [6.45, 7) is 0. The van der Waals surface area contributed by atoms with Gasteiger partial charge in [0.1, 0.15) is 11.5 Å². The molecule has 1 heterocycles. The van der Waals surface area contributed by atoms with Crippen molar-refractivity contribution >= 4 is 28.0 Å². The number of hydrogen-bond donors (Lipinski definition) is 0. The minimum Gasteiger partial charge on any atom is -0.457 e. The highest BCUT2D eigenvalue weighted by Gasteiger charge is 2.30. The van der Waals surface area contributed by atoms with E-state index in [1.54, 1.807) is 6.08 Å². The third-order valence-corrected chi connectivity index (χ3v) is 4.26. The predicted octanol–water partition coefficient (Wildman–Crippen LogP) is 4.36. The second-order valence-electron chi connectivity index (χ2n) is 5.61. The van der Waals surface area contributed by atoms with Gasteiger partial charge in [0.15, 0.2) is 0 Å². The first-order valence-electron chi connectivity index (χ1n) is 7.45. The maximum absolute atomic E-state index is 11.6. The zero-order chi connectivity index (χ0) is 15.4. The number of amides is 1. The summed E-state index contributed by atoms with van der Waals surface area (Å²) in [6.07, 6.45) is 1.61. The summed E-state index contributed by atoms with van der Waals surface area (Å²) in [5.41, 5.74) is 3.77. The first-order valence-corrected chi connectivity index (χ1v) is 7.45. The van der Waals surface area contributed by atoms with Crippen LogP contribution in [0.2, 0.25) is 0 Å². The van der Waals surface area contributed by atoms with Crippen molar-refractivity contribution in [3.63, 3.8) is 0 Å². The SMILES string of the molecule is O=C1C=C2C(=N1)c1ccc(Oc3ccccc3)c3cccc2c13. The number of nitrogens with zero attached hydrogens (tertiary/aromatic N) is 1. The van der Waals surface area contributed by atoms with Gasteiger partial charge in [-0.1, -0.05) is 36.4 Å². The monoisotopic (exact) mass is 297 g/mol. The molecule has 2 aliphatic rings. The molecule has 1 aliphatic carbocycles. The summed E-state index contributed by atoms with van der Waals surface area (Å²) >= 11 is 0. The van der Waals surface area contributed by atoms with Crippen LogP contribution < -0.4 is 4.74 Å². The molecule has 0 saturated carbocycles. The Balaban J connectivity index is 1.74. The van der Waals surface area contributed by atoms with Crippen molar-refractivity contribution in [2.75, 3.05) is 0 Å². The van der Waals surface area contributed by atoms with Gasteiger partial charge < -0.3 is 4.74 Å². The fourth-order valence-electron chi connectivity index (χ4n) is 3.31. The van der Waals surface area contributed by atoms with Crippen molar-refractivity contribution in [2.45, 2.75) is 0 Å². The quantitative estimate of drug-likeness (QED) is 0.705. The van der Waals surface area contributed by atoms with E-state index in [0.29, 0.717) is 0 Å². The third-order valence-electron chi connectivity index (χ3n) is 4.26. The molecule has 0 unspecified atom stereocenters. The number of hydrogen-bond acceptors (Lipinski definition) is 2. The minimum atomic E-state index is -0.178. The average Bonchev–Trinajstić information content (AvgIpc) is 3.09. The molecule has 1 amide bonds. The number of aliphatic imine (C=N–C) groups is 1. The van der Waals surface area contributed by atoms with E-state index in [-0.39, 0.29) is 5.91 Å². The average molecular weight is 297 g/mol. The molecular formula is C20H11NO2. The van der Waals surface area contributed by atoms with Crippen LogP contribution in [0.1, 0.15) is 11.1 Å². The Labute approximate surface area is 132 Å². The molecule has 3 heteroatoms. The number of fused-ring (bicyclic) bond motifs is 3. The summed E-state index contributed by atoms with van der Waals surface area (Å²) in [5, 5.41) is 2.15. The van der Waals surface area contributed by atoms with E-state index in [9.17, 15) is 4.79 Å². The molecule has 0 radical (unpaired) electrons. The number of para-hydroxylation sites is 1. The van der Waals surface area contributed by atoms with Crippen LogP contribution in [0.5, 0.6) is 11.5 Å². The van der Waals surface area contributed by atoms with E-state index in [0.717, 1.165) is 44.7 Å². The van der Waals surface area contributed by atoms with Gasteiger partial charge in [-0.25, -0.2) is 4.99 Å². The molecule has 0 spiro atoms. The molecule has 0 aromatic heterocycles. The number of carbonyl (C=O) groups is 1. The van der Waals surface area contributed by atoms with Crippen LogP contribution in [0.25, 0.3) is 16.3 Å². The third kappa shape index (κ3) is 1.70. The van der Waals surface area contributed by atoms with Crippen LogP contribution in [0.4, 0.5) is 0 Å². The van der Waals surface area contributed by atoms with Crippen molar-refractivity contribution in [3.05, 3.63) is 77.9 Å². The molecule has 0 fully saturated rings. The number of allylic oxidation sites excluding steroid dienone is 1. The van der Waals surface area contributed by atoms with Crippen molar-refractivity contribution in [3.8, 4) is 11.5 Å². The molecule has 3 nitrogen and oxygen atoms in total. The lowest BCUT2D eigenvalue weighted by Gasteiger charge is -2.10. The zero-order valence-corrected chi connectivity index (χ0v) is 12.1. The molecule has 3 aromatic carbocycles. The highest BCUT2D eigenvalue weighted by atomic mass is 16.5. The Kier molecular flexibility index (Phi) is 2.36. The molecule has 0 saturated heterocycles. The highest BCUT2D eigenvalue weighted by Crippen LogP contribution is 2.43. The lowest BCUT2D eigenvalue weighted by atomic mass is 10.0. The van der Waals surface area contributed by atoms with Gasteiger partial charge in [0.25, 0.3) is 5.91 Å². The molecule has 5 rings (SSSR count). The topological polar surface area (TPSA) is 38.7 Å². The lowest BCUT2D eigenvalue weighted by molar-refractivity contribution is -0.113.